The van der Waals surface area contributed by atoms with Crippen molar-refractivity contribution in [3.63, 3.8) is 0 Å². The van der Waals surface area contributed by atoms with Crippen molar-refractivity contribution in [2.24, 2.45) is 0 Å². The van der Waals surface area contributed by atoms with Gasteiger partial charge in [-0.05, 0) is 31.0 Å². The third-order valence-corrected chi connectivity index (χ3v) is 7.86. The molecule has 9 heteroatoms. The standard InChI is InChI=1S/C20H29ClN2O5S/c1-4-23(5-2)29(26,27)18-13-15(11-12-17(18)21)20(25)28-14-19(24)22(3)16-9-7-6-8-10-16/h11-13,16H,4-10,14H2,1-3H3. The number of nitrogens with zero attached hydrogens (tertiary/aromatic N) is 2. The van der Waals surface area contributed by atoms with Gasteiger partial charge in [0.1, 0.15) is 4.90 Å². The van der Waals surface area contributed by atoms with E-state index in [2.05, 4.69) is 0 Å². The third-order valence-electron chi connectivity index (χ3n) is 5.33. The lowest BCUT2D eigenvalue weighted by Gasteiger charge is -2.31. The van der Waals surface area contributed by atoms with E-state index in [0.717, 1.165) is 25.7 Å². The van der Waals surface area contributed by atoms with Crippen LogP contribution in [0.2, 0.25) is 5.02 Å². The van der Waals surface area contributed by atoms with Crippen LogP contribution in [0, 0.1) is 0 Å². The Hall–Kier alpha value is -1.64. The fourth-order valence-corrected chi connectivity index (χ4v) is 5.47. The predicted octanol–water partition coefficient (Wildman–Crippen LogP) is 3.32. The maximum absolute atomic E-state index is 12.7. The van der Waals surface area contributed by atoms with Crippen LogP contribution in [0.3, 0.4) is 0 Å². The molecule has 1 amide bonds. The lowest BCUT2D eigenvalue weighted by molar-refractivity contribution is -0.135. The fraction of sp³-hybridized carbons (Fsp3) is 0.600. The Morgan fingerprint density at radius 2 is 1.76 bits per heavy atom. The first-order chi connectivity index (χ1) is 13.7. The highest BCUT2D eigenvalue weighted by Crippen LogP contribution is 2.26. The van der Waals surface area contributed by atoms with Crippen molar-refractivity contribution in [2.75, 3.05) is 26.7 Å². The smallest absolute Gasteiger partial charge is 0.338 e. The first-order valence-corrected chi connectivity index (χ1v) is 11.8. The number of amides is 1. The second kappa shape index (κ2) is 10.4. The van der Waals surface area contributed by atoms with E-state index >= 15 is 0 Å². The first-order valence-electron chi connectivity index (χ1n) is 9.94. The summed E-state index contributed by atoms with van der Waals surface area (Å²) < 4.78 is 31.9. The molecule has 0 unspecified atom stereocenters. The Balaban J connectivity index is 2.08. The van der Waals surface area contributed by atoms with Gasteiger partial charge >= 0.3 is 5.97 Å². The van der Waals surface area contributed by atoms with E-state index in [9.17, 15) is 18.0 Å². The maximum atomic E-state index is 12.7. The molecular formula is C20H29ClN2O5S. The predicted molar refractivity (Wildman–Crippen MR) is 111 cm³/mol. The van der Waals surface area contributed by atoms with Gasteiger partial charge in [-0.25, -0.2) is 13.2 Å². The number of ether oxygens (including phenoxy) is 1. The highest BCUT2D eigenvalue weighted by Gasteiger charge is 2.27. The van der Waals surface area contributed by atoms with Crippen LogP contribution in [0.25, 0.3) is 0 Å². The molecule has 0 spiro atoms. The molecule has 1 aliphatic carbocycles. The number of carbonyl (C=O) groups is 2. The molecule has 0 heterocycles. The molecule has 0 saturated heterocycles. The van der Waals surface area contributed by atoms with E-state index in [1.54, 1.807) is 25.8 Å². The Morgan fingerprint density at radius 3 is 2.34 bits per heavy atom. The summed E-state index contributed by atoms with van der Waals surface area (Å²) in [7, 11) is -2.10. The number of hydrogen-bond donors (Lipinski definition) is 0. The van der Waals surface area contributed by atoms with Crippen LogP contribution < -0.4 is 0 Å². The highest BCUT2D eigenvalue weighted by atomic mass is 35.5. The van der Waals surface area contributed by atoms with Gasteiger partial charge in [0.2, 0.25) is 10.0 Å². The van der Waals surface area contributed by atoms with Crippen molar-refractivity contribution >= 4 is 33.5 Å². The summed E-state index contributed by atoms with van der Waals surface area (Å²) in [6, 6.07) is 4.12. The maximum Gasteiger partial charge on any atom is 0.338 e. The number of benzene rings is 1. The zero-order valence-corrected chi connectivity index (χ0v) is 18.8. The SMILES string of the molecule is CCN(CC)S(=O)(=O)c1cc(C(=O)OCC(=O)N(C)C2CCCCC2)ccc1Cl. The molecule has 1 aliphatic rings. The molecule has 1 aromatic rings. The minimum atomic E-state index is -3.83. The zero-order chi connectivity index (χ0) is 21.6. The first kappa shape index (κ1) is 23.6. The third kappa shape index (κ3) is 5.71. The Morgan fingerprint density at radius 1 is 1.14 bits per heavy atom. The second-order valence-corrected chi connectivity index (χ2v) is 9.42. The molecule has 1 aromatic carbocycles. The normalized spacial score (nSPS) is 15.3. The summed E-state index contributed by atoms with van der Waals surface area (Å²) in [6.45, 7) is 3.63. The molecule has 0 atom stereocenters. The van der Waals surface area contributed by atoms with Crippen molar-refractivity contribution in [1.82, 2.24) is 9.21 Å². The van der Waals surface area contributed by atoms with Crippen LogP contribution in [0.4, 0.5) is 0 Å². The quantitative estimate of drug-likeness (QED) is 0.574. The van der Waals surface area contributed by atoms with Crippen LogP contribution in [-0.2, 0) is 19.6 Å². The van der Waals surface area contributed by atoms with Gasteiger partial charge in [-0.1, -0.05) is 44.7 Å². The van der Waals surface area contributed by atoms with Crippen molar-refractivity contribution in [3.8, 4) is 0 Å². The zero-order valence-electron chi connectivity index (χ0n) is 17.2. The summed E-state index contributed by atoms with van der Waals surface area (Å²) in [4.78, 5) is 26.2. The largest absolute Gasteiger partial charge is 0.452 e. The van der Waals surface area contributed by atoms with Gasteiger partial charge in [0.15, 0.2) is 6.61 Å². The summed E-state index contributed by atoms with van der Waals surface area (Å²) >= 11 is 6.08. The average Bonchev–Trinajstić information content (AvgIpc) is 2.72. The van der Waals surface area contributed by atoms with Crippen LogP contribution in [-0.4, -0.2) is 62.3 Å². The summed E-state index contributed by atoms with van der Waals surface area (Å²) in [5.74, 6) is -1.03. The van der Waals surface area contributed by atoms with Crippen molar-refractivity contribution < 1.29 is 22.7 Å². The minimum Gasteiger partial charge on any atom is -0.452 e. The Kier molecular flexibility index (Phi) is 8.48. The van der Waals surface area contributed by atoms with E-state index in [-0.39, 0.29) is 47.1 Å². The second-order valence-electron chi connectivity index (χ2n) is 7.11. The highest BCUT2D eigenvalue weighted by molar-refractivity contribution is 7.89. The molecule has 1 saturated carbocycles. The molecule has 0 aromatic heterocycles. The van der Waals surface area contributed by atoms with Gasteiger partial charge in [0, 0.05) is 26.2 Å². The van der Waals surface area contributed by atoms with Crippen LogP contribution in [0.5, 0.6) is 0 Å². The Labute approximate surface area is 178 Å². The van der Waals surface area contributed by atoms with Gasteiger partial charge in [-0.2, -0.15) is 4.31 Å². The number of hydrogen-bond acceptors (Lipinski definition) is 5. The van der Waals surface area contributed by atoms with Crippen LogP contribution in [0.1, 0.15) is 56.3 Å². The summed E-state index contributed by atoms with van der Waals surface area (Å²) in [5.41, 5.74) is 0.0354. The monoisotopic (exact) mass is 444 g/mol. The van der Waals surface area contributed by atoms with E-state index in [4.69, 9.17) is 16.3 Å². The fourth-order valence-electron chi connectivity index (χ4n) is 3.52. The lowest BCUT2D eigenvalue weighted by atomic mass is 9.94. The number of carbonyl (C=O) groups excluding carboxylic acids is 2. The van der Waals surface area contributed by atoms with Crippen molar-refractivity contribution in [3.05, 3.63) is 28.8 Å². The molecule has 0 N–H and O–H groups in total. The topological polar surface area (TPSA) is 84.0 Å². The van der Waals surface area contributed by atoms with Gasteiger partial charge in [0.05, 0.1) is 10.6 Å². The minimum absolute atomic E-state index is 0.0292. The van der Waals surface area contributed by atoms with E-state index in [0.29, 0.717) is 0 Å². The van der Waals surface area contributed by atoms with Crippen molar-refractivity contribution in [1.29, 1.82) is 0 Å². The van der Waals surface area contributed by atoms with E-state index < -0.39 is 16.0 Å². The van der Waals surface area contributed by atoms with Crippen molar-refractivity contribution in [2.45, 2.75) is 56.9 Å². The lowest BCUT2D eigenvalue weighted by Crippen LogP contribution is -2.40. The molecule has 2 rings (SSSR count). The number of likely N-dealkylation sites (N-methyl/N-ethyl adjacent to an activating group) is 1. The number of rotatable bonds is 8. The summed E-state index contributed by atoms with van der Waals surface area (Å²) in [5, 5.41) is 0.0292. The van der Waals surface area contributed by atoms with E-state index in [1.807, 2.05) is 0 Å². The molecule has 0 bridgehead atoms. The number of sulfonamides is 1. The van der Waals surface area contributed by atoms with Gasteiger partial charge in [-0.15, -0.1) is 0 Å². The number of esters is 1. The summed E-state index contributed by atoms with van der Waals surface area (Å²) in [6.07, 6.45) is 5.29. The van der Waals surface area contributed by atoms with Crippen LogP contribution >= 0.6 is 11.6 Å². The van der Waals surface area contributed by atoms with Gasteiger partial charge < -0.3 is 9.64 Å². The molecule has 162 valence electrons. The molecule has 29 heavy (non-hydrogen) atoms. The number of halogens is 1. The average molecular weight is 445 g/mol. The van der Waals surface area contributed by atoms with Crippen LogP contribution in [0.15, 0.2) is 23.1 Å². The van der Waals surface area contributed by atoms with Gasteiger partial charge in [-0.3, -0.25) is 4.79 Å². The Bertz CT molecular complexity index is 833. The van der Waals surface area contributed by atoms with Gasteiger partial charge in [0.25, 0.3) is 5.91 Å². The molecule has 7 nitrogen and oxygen atoms in total. The molecule has 1 fully saturated rings. The molecule has 0 radical (unpaired) electrons. The molecule has 0 aliphatic heterocycles. The van der Waals surface area contributed by atoms with E-state index in [1.165, 1.54) is 28.9 Å². The molecular weight excluding hydrogens is 416 g/mol.